The summed E-state index contributed by atoms with van der Waals surface area (Å²) in [6, 6.07) is 16.9. The molecule has 2 aromatic carbocycles. The highest BCUT2D eigenvalue weighted by atomic mass is 35.5. The van der Waals surface area contributed by atoms with Crippen LogP contribution in [0.5, 0.6) is 0 Å². The first kappa shape index (κ1) is 29.0. The number of nitrogens with one attached hydrogen (secondary N) is 2. The highest BCUT2D eigenvalue weighted by Crippen LogP contribution is 2.23. The second-order valence-electron chi connectivity index (χ2n) is 9.40. The second kappa shape index (κ2) is 13.4. The van der Waals surface area contributed by atoms with Gasteiger partial charge in [0.1, 0.15) is 6.33 Å². The van der Waals surface area contributed by atoms with Crippen LogP contribution < -0.4 is 10.9 Å². The van der Waals surface area contributed by atoms with Gasteiger partial charge in [0.2, 0.25) is 5.91 Å². The van der Waals surface area contributed by atoms with Crippen molar-refractivity contribution in [1.29, 1.82) is 0 Å². The molecule has 0 saturated heterocycles. The molecule has 3 heterocycles. The van der Waals surface area contributed by atoms with Gasteiger partial charge in [-0.25, -0.2) is 5.10 Å². The highest BCUT2D eigenvalue weighted by Gasteiger charge is 2.19. The standard InChI is InChI=1S/C30H25ClN8O4/c1-43-29(41)14-19-4-6-21(7-5-19)24-16-26(35-36-30(24)42)25(13-20-3-2-12-32-17-20)34-28(40)11-8-22-15-23(31)9-10-27(22)39-18-33-37-38-39/h2-12,15-18,25H,13-14H2,1H3,(H,34,40)(H,36,42)/b11-8+/t25-/m0/s1. The molecule has 2 N–H and O–H groups in total. The van der Waals surface area contributed by atoms with E-state index >= 15 is 0 Å². The highest BCUT2D eigenvalue weighted by molar-refractivity contribution is 6.30. The van der Waals surface area contributed by atoms with E-state index in [0.29, 0.717) is 39.5 Å². The van der Waals surface area contributed by atoms with E-state index in [4.69, 9.17) is 16.3 Å². The minimum Gasteiger partial charge on any atom is -0.469 e. The molecule has 5 aromatic rings. The Bertz CT molecular complexity index is 1810. The number of hydrogen-bond donors (Lipinski definition) is 2. The van der Waals surface area contributed by atoms with Gasteiger partial charge in [-0.05, 0) is 69.9 Å². The van der Waals surface area contributed by atoms with Crippen LogP contribution in [0, 0.1) is 0 Å². The maximum Gasteiger partial charge on any atom is 0.309 e. The number of H-pyrrole nitrogens is 1. The van der Waals surface area contributed by atoms with Crippen LogP contribution in [0.2, 0.25) is 5.02 Å². The topological polar surface area (TPSA) is 158 Å². The van der Waals surface area contributed by atoms with Gasteiger partial charge in [-0.1, -0.05) is 41.9 Å². The van der Waals surface area contributed by atoms with E-state index < -0.39 is 17.5 Å². The molecule has 43 heavy (non-hydrogen) atoms. The Morgan fingerprint density at radius 3 is 2.67 bits per heavy atom. The molecular formula is C30H25ClN8O4. The lowest BCUT2D eigenvalue weighted by atomic mass is 10.00. The number of aromatic amines is 1. The number of carbonyl (C=O) groups is 2. The smallest absolute Gasteiger partial charge is 0.309 e. The summed E-state index contributed by atoms with van der Waals surface area (Å²) in [5, 5.41) is 21.5. The fraction of sp³-hybridized carbons (Fsp3) is 0.133. The third-order valence-corrected chi connectivity index (χ3v) is 6.74. The minimum atomic E-state index is -0.617. The summed E-state index contributed by atoms with van der Waals surface area (Å²) in [5.41, 5.74) is 3.89. The molecule has 0 unspecified atom stereocenters. The van der Waals surface area contributed by atoms with Crippen molar-refractivity contribution < 1.29 is 14.3 Å². The van der Waals surface area contributed by atoms with E-state index in [1.807, 2.05) is 6.07 Å². The van der Waals surface area contributed by atoms with E-state index in [1.165, 1.54) is 24.2 Å². The predicted octanol–water partition coefficient (Wildman–Crippen LogP) is 3.29. The average Bonchev–Trinajstić information content (AvgIpc) is 3.56. The SMILES string of the molecule is COC(=O)Cc1ccc(-c2cc([C@H](Cc3cccnc3)NC(=O)/C=C/c3cc(Cl)ccc3-n3cnnn3)n[nH]c2=O)cc1. The fourth-order valence-corrected chi connectivity index (χ4v) is 4.54. The number of esters is 1. The van der Waals surface area contributed by atoms with Gasteiger partial charge in [0.15, 0.2) is 0 Å². The number of benzene rings is 2. The number of pyridine rings is 1. The zero-order chi connectivity index (χ0) is 30.2. The molecule has 0 aliphatic rings. The van der Waals surface area contributed by atoms with Crippen molar-refractivity contribution in [1.82, 2.24) is 40.7 Å². The number of aromatic nitrogens is 7. The van der Waals surface area contributed by atoms with Crippen molar-refractivity contribution in [3.05, 3.63) is 123 Å². The van der Waals surface area contributed by atoms with Crippen LogP contribution in [0.3, 0.4) is 0 Å². The number of nitrogens with zero attached hydrogens (tertiary/aromatic N) is 6. The van der Waals surface area contributed by atoms with Crippen LogP contribution in [-0.2, 0) is 27.2 Å². The van der Waals surface area contributed by atoms with E-state index in [-0.39, 0.29) is 12.4 Å². The lowest BCUT2D eigenvalue weighted by Crippen LogP contribution is -2.30. The van der Waals surface area contributed by atoms with Gasteiger partial charge in [0.05, 0.1) is 36.5 Å². The number of rotatable bonds is 10. The van der Waals surface area contributed by atoms with Crippen LogP contribution >= 0.6 is 11.6 Å². The Labute approximate surface area is 250 Å². The quantitative estimate of drug-likeness (QED) is 0.182. The zero-order valence-electron chi connectivity index (χ0n) is 22.8. The average molecular weight is 597 g/mol. The van der Waals surface area contributed by atoms with Crippen molar-refractivity contribution in [2.75, 3.05) is 7.11 Å². The molecule has 0 fully saturated rings. The van der Waals surface area contributed by atoms with Gasteiger partial charge in [-0.15, -0.1) is 5.10 Å². The summed E-state index contributed by atoms with van der Waals surface area (Å²) < 4.78 is 6.19. The Hall–Kier alpha value is -5.49. The van der Waals surface area contributed by atoms with Gasteiger partial charge in [-0.2, -0.15) is 9.78 Å². The van der Waals surface area contributed by atoms with E-state index in [1.54, 1.807) is 73.1 Å². The maximum atomic E-state index is 13.2. The number of ether oxygens (including phenoxy) is 1. The number of halogens is 1. The first-order valence-electron chi connectivity index (χ1n) is 13.1. The Kier molecular flexibility index (Phi) is 9.08. The third-order valence-electron chi connectivity index (χ3n) is 6.50. The molecule has 13 heteroatoms. The fourth-order valence-electron chi connectivity index (χ4n) is 4.36. The summed E-state index contributed by atoms with van der Waals surface area (Å²) >= 11 is 6.20. The summed E-state index contributed by atoms with van der Waals surface area (Å²) in [6.07, 6.45) is 8.27. The molecule has 0 aliphatic carbocycles. The van der Waals surface area contributed by atoms with E-state index in [2.05, 4.69) is 36.0 Å². The van der Waals surface area contributed by atoms with E-state index in [9.17, 15) is 14.4 Å². The molecule has 0 aliphatic heterocycles. The normalized spacial score (nSPS) is 11.8. The van der Waals surface area contributed by atoms with Crippen molar-refractivity contribution in [2.45, 2.75) is 18.9 Å². The summed E-state index contributed by atoms with van der Waals surface area (Å²) in [6.45, 7) is 0. The third kappa shape index (κ3) is 7.43. The Balaban J connectivity index is 1.42. The molecular weight excluding hydrogens is 572 g/mol. The maximum absolute atomic E-state index is 13.2. The van der Waals surface area contributed by atoms with Gasteiger partial charge >= 0.3 is 5.97 Å². The lowest BCUT2D eigenvalue weighted by molar-refractivity contribution is -0.139. The van der Waals surface area contributed by atoms with Gasteiger partial charge in [-0.3, -0.25) is 19.4 Å². The molecule has 216 valence electrons. The molecule has 5 rings (SSSR count). The molecule has 0 saturated carbocycles. The van der Waals surface area contributed by atoms with Crippen LogP contribution in [-0.4, -0.2) is 54.4 Å². The Morgan fingerprint density at radius 2 is 1.95 bits per heavy atom. The number of hydrogen-bond acceptors (Lipinski definition) is 9. The van der Waals surface area contributed by atoms with Gasteiger partial charge in [0, 0.05) is 29.1 Å². The molecule has 0 spiro atoms. The van der Waals surface area contributed by atoms with Crippen LogP contribution in [0.15, 0.2) is 90.3 Å². The molecule has 3 aromatic heterocycles. The lowest BCUT2D eigenvalue weighted by Gasteiger charge is -2.18. The predicted molar refractivity (Wildman–Crippen MR) is 158 cm³/mol. The van der Waals surface area contributed by atoms with Crippen molar-refractivity contribution in [3.63, 3.8) is 0 Å². The second-order valence-corrected chi connectivity index (χ2v) is 9.84. The van der Waals surface area contributed by atoms with Crippen molar-refractivity contribution in [2.24, 2.45) is 0 Å². The molecule has 1 atom stereocenters. The molecule has 12 nitrogen and oxygen atoms in total. The molecule has 0 bridgehead atoms. The first-order chi connectivity index (χ1) is 20.9. The van der Waals surface area contributed by atoms with Crippen LogP contribution in [0.1, 0.15) is 28.4 Å². The van der Waals surface area contributed by atoms with Crippen LogP contribution in [0.4, 0.5) is 0 Å². The summed E-state index contributed by atoms with van der Waals surface area (Å²) in [7, 11) is 1.33. The number of methoxy groups -OCH3 is 1. The minimum absolute atomic E-state index is 0.119. The Morgan fingerprint density at radius 1 is 1.12 bits per heavy atom. The number of carbonyl (C=O) groups excluding carboxylic acids is 2. The first-order valence-corrected chi connectivity index (χ1v) is 13.4. The van der Waals surface area contributed by atoms with Crippen LogP contribution in [0.25, 0.3) is 22.9 Å². The monoisotopic (exact) mass is 596 g/mol. The largest absolute Gasteiger partial charge is 0.469 e. The van der Waals surface area contributed by atoms with Crippen molar-refractivity contribution in [3.8, 4) is 16.8 Å². The molecule has 1 amide bonds. The summed E-state index contributed by atoms with van der Waals surface area (Å²) in [4.78, 5) is 41.8. The number of tetrazole rings is 1. The number of amides is 1. The van der Waals surface area contributed by atoms with Gasteiger partial charge in [0.25, 0.3) is 5.56 Å². The van der Waals surface area contributed by atoms with Gasteiger partial charge < -0.3 is 10.1 Å². The molecule has 0 radical (unpaired) electrons. The van der Waals surface area contributed by atoms with E-state index in [0.717, 1.165) is 11.1 Å². The van der Waals surface area contributed by atoms with Crippen molar-refractivity contribution >= 4 is 29.6 Å². The summed E-state index contributed by atoms with van der Waals surface area (Å²) in [5.74, 6) is -0.764. The zero-order valence-corrected chi connectivity index (χ0v) is 23.6.